The second-order valence-electron chi connectivity index (χ2n) is 9.05. The van der Waals surface area contributed by atoms with Crippen LogP contribution >= 0.6 is 0 Å². The minimum absolute atomic E-state index is 0.0133. The van der Waals surface area contributed by atoms with E-state index in [1.807, 2.05) is 60.7 Å². The Kier molecular flexibility index (Phi) is 9.53. The monoisotopic (exact) mass is 553 g/mol. The zero-order valence-corrected chi connectivity index (χ0v) is 21.9. The van der Waals surface area contributed by atoms with Gasteiger partial charge in [-0.25, -0.2) is 9.59 Å². The van der Waals surface area contributed by atoms with E-state index in [2.05, 4.69) is 5.32 Å². The van der Waals surface area contributed by atoms with Crippen LogP contribution in [0.1, 0.15) is 43.3 Å². The molecule has 0 aliphatic rings. The van der Waals surface area contributed by atoms with E-state index >= 15 is 0 Å². The van der Waals surface area contributed by atoms with E-state index in [0.717, 1.165) is 11.1 Å². The number of rotatable bonds is 11. The minimum Gasteiger partial charge on any atom is -0.457 e. The van der Waals surface area contributed by atoms with Crippen molar-refractivity contribution in [1.29, 1.82) is 0 Å². The van der Waals surface area contributed by atoms with Crippen molar-refractivity contribution in [1.82, 2.24) is 0 Å². The number of carbonyl (C=O) groups excluding carboxylic acids is 3. The summed E-state index contributed by atoms with van der Waals surface area (Å²) in [5, 5.41) is 13.7. The molecule has 4 aromatic carbocycles. The van der Waals surface area contributed by atoms with Crippen molar-refractivity contribution in [2.75, 3.05) is 11.9 Å². The third-order valence-corrected chi connectivity index (χ3v) is 6.16. The lowest BCUT2D eigenvalue weighted by Crippen LogP contribution is -2.27. The van der Waals surface area contributed by atoms with Gasteiger partial charge in [-0.1, -0.05) is 72.8 Å². The molecule has 0 spiro atoms. The largest absolute Gasteiger partial charge is 0.457 e. The Morgan fingerprint density at radius 3 is 1.68 bits per heavy atom. The highest BCUT2D eigenvalue weighted by atomic mass is 16.6. The van der Waals surface area contributed by atoms with Gasteiger partial charge in [0.1, 0.15) is 13.2 Å². The molecule has 10 heteroatoms. The lowest BCUT2D eigenvalue weighted by atomic mass is 9.97. The fraction of sp³-hybridized carbons (Fsp3) is 0.129. The van der Waals surface area contributed by atoms with Crippen molar-refractivity contribution >= 4 is 29.2 Å². The number of ether oxygens (including phenoxy) is 2. The Labute approximate surface area is 235 Å². The number of non-ortho nitro benzene ring substituents is 1. The molecule has 1 unspecified atom stereocenters. The maximum absolute atomic E-state index is 13.2. The van der Waals surface area contributed by atoms with Crippen molar-refractivity contribution in [2.24, 2.45) is 5.73 Å². The van der Waals surface area contributed by atoms with Gasteiger partial charge in [0.15, 0.2) is 0 Å². The lowest BCUT2D eigenvalue weighted by molar-refractivity contribution is -0.384. The zero-order chi connectivity index (χ0) is 29.2. The highest BCUT2D eigenvalue weighted by Gasteiger charge is 2.22. The minimum atomic E-state index is -0.849. The Balaban J connectivity index is 1.56. The Morgan fingerprint density at radius 1 is 0.756 bits per heavy atom. The summed E-state index contributed by atoms with van der Waals surface area (Å²) in [5.74, 6) is -2.78. The van der Waals surface area contributed by atoms with Gasteiger partial charge in [0.25, 0.3) is 5.69 Å². The Morgan fingerprint density at radius 2 is 1.24 bits per heavy atom. The van der Waals surface area contributed by atoms with Gasteiger partial charge in [-0.3, -0.25) is 14.9 Å². The number of benzene rings is 4. The standard InChI is InChI=1S/C31H27N3O7/c32-18-28(23-11-13-27(14-12-23)34(38)39)29(35)33-26-16-24(30(36)40-19-21-7-3-1-4-8-21)15-25(17-26)31(37)41-20-22-9-5-2-6-10-22/h1-17,28H,18-20,32H2,(H,33,35). The third-order valence-electron chi connectivity index (χ3n) is 6.16. The first-order valence-electron chi connectivity index (χ1n) is 12.7. The summed E-state index contributed by atoms with van der Waals surface area (Å²) in [6, 6.07) is 27.8. The number of anilines is 1. The van der Waals surface area contributed by atoms with Crippen LogP contribution in [0.5, 0.6) is 0 Å². The Hall–Kier alpha value is -5.35. The van der Waals surface area contributed by atoms with Crippen LogP contribution in [0.15, 0.2) is 103 Å². The van der Waals surface area contributed by atoms with Crippen molar-refractivity contribution in [3.8, 4) is 0 Å². The first-order valence-corrected chi connectivity index (χ1v) is 12.7. The van der Waals surface area contributed by atoms with E-state index in [0.29, 0.717) is 5.56 Å². The van der Waals surface area contributed by atoms with E-state index in [4.69, 9.17) is 15.2 Å². The number of hydrogen-bond acceptors (Lipinski definition) is 8. The van der Waals surface area contributed by atoms with Crippen molar-refractivity contribution < 1.29 is 28.8 Å². The number of amides is 1. The summed E-state index contributed by atoms with van der Waals surface area (Å²) in [5.41, 5.74) is 7.98. The Bertz CT molecular complexity index is 1450. The van der Waals surface area contributed by atoms with Gasteiger partial charge in [-0.15, -0.1) is 0 Å². The summed E-state index contributed by atoms with van der Waals surface area (Å²) < 4.78 is 10.9. The van der Waals surface area contributed by atoms with Gasteiger partial charge in [0.05, 0.1) is 22.0 Å². The smallest absolute Gasteiger partial charge is 0.338 e. The quantitative estimate of drug-likeness (QED) is 0.150. The number of nitrogens with two attached hydrogens (primary N) is 1. The van der Waals surface area contributed by atoms with Gasteiger partial charge >= 0.3 is 11.9 Å². The SMILES string of the molecule is NCC(C(=O)Nc1cc(C(=O)OCc2ccccc2)cc(C(=O)OCc2ccccc2)c1)c1ccc([N+](=O)[O-])cc1. The normalized spacial score (nSPS) is 11.2. The molecule has 0 radical (unpaired) electrons. The van der Waals surface area contributed by atoms with Crippen LogP contribution in [0.3, 0.4) is 0 Å². The highest BCUT2D eigenvalue weighted by molar-refractivity contribution is 6.01. The van der Waals surface area contributed by atoms with Gasteiger partial charge in [-0.05, 0) is 34.9 Å². The van der Waals surface area contributed by atoms with Gasteiger partial charge in [-0.2, -0.15) is 0 Å². The number of nitro benzene ring substituents is 1. The van der Waals surface area contributed by atoms with Gasteiger partial charge in [0.2, 0.25) is 5.91 Å². The molecule has 0 saturated carbocycles. The number of esters is 2. The average molecular weight is 554 g/mol. The second-order valence-corrected chi connectivity index (χ2v) is 9.05. The predicted molar refractivity (Wildman–Crippen MR) is 151 cm³/mol. The average Bonchev–Trinajstić information content (AvgIpc) is 3.00. The van der Waals surface area contributed by atoms with Crippen LogP contribution in [0.2, 0.25) is 0 Å². The molecule has 208 valence electrons. The molecule has 0 fully saturated rings. The molecule has 3 N–H and O–H groups in total. The van der Waals surface area contributed by atoms with Crippen molar-refractivity contribution in [2.45, 2.75) is 19.1 Å². The molecule has 4 rings (SSSR count). The van der Waals surface area contributed by atoms with E-state index in [1.165, 1.54) is 42.5 Å². The number of hydrogen-bond donors (Lipinski definition) is 2. The molecule has 0 saturated heterocycles. The summed E-state index contributed by atoms with van der Waals surface area (Å²) in [4.78, 5) is 49.5. The molecule has 0 bridgehead atoms. The van der Waals surface area contributed by atoms with Crippen LogP contribution in [0, 0.1) is 10.1 Å². The first kappa shape index (κ1) is 28.7. The number of carbonyl (C=O) groups is 3. The molecular formula is C31H27N3O7. The van der Waals surface area contributed by atoms with E-state index < -0.39 is 28.7 Å². The molecule has 1 atom stereocenters. The van der Waals surface area contributed by atoms with E-state index in [9.17, 15) is 24.5 Å². The summed E-state index contributed by atoms with van der Waals surface area (Å²) >= 11 is 0. The highest BCUT2D eigenvalue weighted by Crippen LogP contribution is 2.23. The topological polar surface area (TPSA) is 151 Å². The van der Waals surface area contributed by atoms with Crippen LogP contribution in [-0.4, -0.2) is 29.3 Å². The third kappa shape index (κ3) is 7.84. The number of nitrogens with one attached hydrogen (secondary N) is 1. The molecule has 0 aliphatic heterocycles. The van der Waals surface area contributed by atoms with Crippen LogP contribution < -0.4 is 11.1 Å². The lowest BCUT2D eigenvalue weighted by Gasteiger charge is -2.16. The summed E-state index contributed by atoms with van der Waals surface area (Å²) in [6.45, 7) is -0.0622. The fourth-order valence-corrected chi connectivity index (χ4v) is 4.00. The maximum Gasteiger partial charge on any atom is 0.338 e. The molecule has 10 nitrogen and oxygen atoms in total. The van der Waals surface area contributed by atoms with Crippen molar-refractivity contribution in [3.05, 3.63) is 141 Å². The van der Waals surface area contributed by atoms with Gasteiger partial charge < -0.3 is 20.5 Å². The molecule has 1 amide bonds. The second kappa shape index (κ2) is 13.6. The molecular weight excluding hydrogens is 526 g/mol. The number of nitrogens with zero attached hydrogens (tertiary/aromatic N) is 1. The van der Waals surface area contributed by atoms with E-state index in [1.54, 1.807) is 0 Å². The molecule has 4 aromatic rings. The molecule has 41 heavy (non-hydrogen) atoms. The summed E-state index contributed by atoms with van der Waals surface area (Å²) in [6.07, 6.45) is 0. The van der Waals surface area contributed by atoms with Crippen LogP contribution in [0.4, 0.5) is 11.4 Å². The summed E-state index contributed by atoms with van der Waals surface area (Å²) in [7, 11) is 0. The molecule has 0 aliphatic carbocycles. The molecule has 0 aromatic heterocycles. The van der Waals surface area contributed by atoms with E-state index in [-0.39, 0.29) is 42.3 Å². The zero-order valence-electron chi connectivity index (χ0n) is 21.9. The first-order chi connectivity index (χ1) is 19.8. The molecule has 0 heterocycles. The van der Waals surface area contributed by atoms with Gasteiger partial charge in [0, 0.05) is 24.4 Å². The predicted octanol–water partition coefficient (Wildman–Crippen LogP) is 4.99. The van der Waals surface area contributed by atoms with Crippen LogP contribution in [-0.2, 0) is 27.5 Å². The maximum atomic E-state index is 13.2. The van der Waals surface area contributed by atoms with Crippen molar-refractivity contribution in [3.63, 3.8) is 0 Å². The fourth-order valence-electron chi connectivity index (χ4n) is 4.00. The number of nitro groups is 1. The van der Waals surface area contributed by atoms with Crippen LogP contribution in [0.25, 0.3) is 0 Å².